The summed E-state index contributed by atoms with van der Waals surface area (Å²) in [5.41, 5.74) is 0. The van der Waals surface area contributed by atoms with Crippen LogP contribution in [-0.2, 0) is 0 Å². The Morgan fingerprint density at radius 1 is 1.62 bits per heavy atom. The molecule has 0 aliphatic heterocycles. The van der Waals surface area contributed by atoms with Gasteiger partial charge in [0, 0.05) is 14.1 Å². The Morgan fingerprint density at radius 2 is 2.00 bits per heavy atom. The number of hydrogen-bond donors (Lipinski definition) is 1. The standard InChI is InChI=1S/C3H8N2S2.Na.H/c1-5(2)3(6)7-4;;/h4H2,1-2H3;;. The Bertz CT molecular complexity index is 75.7. The average molecular weight is 160 g/mol. The molecule has 0 amide bonds. The van der Waals surface area contributed by atoms with Gasteiger partial charge in [-0.3, -0.25) is 5.14 Å². The van der Waals surface area contributed by atoms with Crippen molar-refractivity contribution in [3.63, 3.8) is 0 Å². The second kappa shape index (κ2) is 6.32. The summed E-state index contributed by atoms with van der Waals surface area (Å²) in [4.78, 5) is 1.79. The summed E-state index contributed by atoms with van der Waals surface area (Å²) in [6.45, 7) is 0. The Kier molecular flexibility index (Phi) is 9.43. The zero-order chi connectivity index (χ0) is 5.86. The first kappa shape index (κ1) is 11.9. The molecular weight excluding hydrogens is 151 g/mol. The van der Waals surface area contributed by atoms with Gasteiger partial charge in [0.2, 0.25) is 0 Å². The molecule has 0 atom stereocenters. The third kappa shape index (κ3) is 5.34. The molecule has 5 heteroatoms. The van der Waals surface area contributed by atoms with Crippen LogP contribution in [0.3, 0.4) is 0 Å². The van der Waals surface area contributed by atoms with Crippen LogP contribution in [0.1, 0.15) is 0 Å². The second-order valence-electron chi connectivity index (χ2n) is 1.28. The van der Waals surface area contributed by atoms with Crippen LogP contribution in [0.4, 0.5) is 0 Å². The van der Waals surface area contributed by atoms with E-state index in [-0.39, 0.29) is 29.6 Å². The molecule has 8 heavy (non-hydrogen) atoms. The van der Waals surface area contributed by atoms with Crippen molar-refractivity contribution < 1.29 is 0 Å². The summed E-state index contributed by atoms with van der Waals surface area (Å²) in [7, 11) is 3.73. The maximum absolute atomic E-state index is 5.11. The number of thiocarbonyl (C=S) groups is 1. The number of rotatable bonds is 0. The van der Waals surface area contributed by atoms with Gasteiger partial charge in [-0.15, -0.1) is 0 Å². The van der Waals surface area contributed by atoms with Gasteiger partial charge in [0.15, 0.2) is 4.32 Å². The van der Waals surface area contributed by atoms with Crippen molar-refractivity contribution >= 4 is 58.0 Å². The van der Waals surface area contributed by atoms with Crippen LogP contribution in [0, 0.1) is 0 Å². The van der Waals surface area contributed by atoms with Gasteiger partial charge < -0.3 is 4.90 Å². The van der Waals surface area contributed by atoms with Crippen LogP contribution >= 0.6 is 24.2 Å². The van der Waals surface area contributed by atoms with E-state index in [0.717, 1.165) is 11.9 Å². The van der Waals surface area contributed by atoms with Crippen LogP contribution < -0.4 is 5.14 Å². The van der Waals surface area contributed by atoms with Crippen LogP contribution in [0.2, 0.25) is 0 Å². The predicted octanol–water partition coefficient (Wildman–Crippen LogP) is -0.209. The Hall–Kier alpha value is 1.20. The molecule has 44 valence electrons. The van der Waals surface area contributed by atoms with E-state index in [1.165, 1.54) is 0 Å². The number of hydrogen-bond acceptors (Lipinski definition) is 3. The third-order valence-electron chi connectivity index (χ3n) is 0.466. The van der Waals surface area contributed by atoms with E-state index in [1.807, 2.05) is 14.1 Å². The molecule has 0 fully saturated rings. The minimum atomic E-state index is 0. The fraction of sp³-hybridized carbons (Fsp3) is 0.667. The van der Waals surface area contributed by atoms with Gasteiger partial charge in [0.05, 0.1) is 0 Å². The van der Waals surface area contributed by atoms with Crippen LogP contribution in [0.25, 0.3) is 0 Å². The predicted molar refractivity (Wildman–Crippen MR) is 45.2 cm³/mol. The van der Waals surface area contributed by atoms with Crippen molar-refractivity contribution in [2.24, 2.45) is 5.14 Å². The molecule has 0 saturated carbocycles. The van der Waals surface area contributed by atoms with Crippen LogP contribution in [0.15, 0.2) is 0 Å². The van der Waals surface area contributed by atoms with Crippen LogP contribution in [-0.4, -0.2) is 52.9 Å². The third-order valence-corrected chi connectivity index (χ3v) is 1.69. The molecule has 0 rings (SSSR count). The van der Waals surface area contributed by atoms with Gasteiger partial charge in [-0.2, -0.15) is 0 Å². The Labute approximate surface area is 81.6 Å². The molecule has 0 heterocycles. The summed E-state index contributed by atoms with van der Waals surface area (Å²) in [5, 5.41) is 5.11. The van der Waals surface area contributed by atoms with Gasteiger partial charge in [-0.1, -0.05) is 12.2 Å². The monoisotopic (exact) mass is 160 g/mol. The molecule has 2 N–H and O–H groups in total. The zero-order valence-corrected chi connectivity index (χ0v) is 5.97. The first-order valence-corrected chi connectivity index (χ1v) is 3.05. The summed E-state index contributed by atoms with van der Waals surface area (Å²) in [6.07, 6.45) is 0. The van der Waals surface area contributed by atoms with Crippen molar-refractivity contribution in [3.05, 3.63) is 0 Å². The number of nitrogens with zero attached hydrogens (tertiary/aromatic N) is 1. The normalized spacial score (nSPS) is 7.38. The molecule has 0 aromatic carbocycles. The Balaban J connectivity index is 0. The number of nitrogens with two attached hydrogens (primary N) is 1. The first-order chi connectivity index (χ1) is 3.18. The van der Waals surface area contributed by atoms with Crippen molar-refractivity contribution in [1.29, 1.82) is 0 Å². The van der Waals surface area contributed by atoms with Crippen molar-refractivity contribution in [2.45, 2.75) is 0 Å². The van der Waals surface area contributed by atoms with Crippen LogP contribution in [0.5, 0.6) is 0 Å². The zero-order valence-electron chi connectivity index (χ0n) is 4.34. The van der Waals surface area contributed by atoms with Gasteiger partial charge in [-0.25, -0.2) is 0 Å². The van der Waals surface area contributed by atoms with E-state index in [9.17, 15) is 0 Å². The van der Waals surface area contributed by atoms with E-state index >= 15 is 0 Å². The summed E-state index contributed by atoms with van der Waals surface area (Å²) in [6, 6.07) is 0. The van der Waals surface area contributed by atoms with Crippen molar-refractivity contribution in [3.8, 4) is 0 Å². The molecule has 0 saturated heterocycles. The second-order valence-corrected chi connectivity index (χ2v) is 2.55. The minimum absolute atomic E-state index is 0. The molecule has 0 aromatic rings. The maximum atomic E-state index is 5.11. The summed E-state index contributed by atoms with van der Waals surface area (Å²) >= 11 is 5.83. The fourth-order valence-corrected chi connectivity index (χ4v) is 0.316. The molecular formula is C3H9N2NaS2. The van der Waals surface area contributed by atoms with Gasteiger partial charge in [0.1, 0.15) is 0 Å². The molecule has 0 spiro atoms. The molecule has 0 bridgehead atoms. The van der Waals surface area contributed by atoms with Gasteiger partial charge >= 0.3 is 29.6 Å². The van der Waals surface area contributed by atoms with E-state index < -0.39 is 0 Å². The van der Waals surface area contributed by atoms with Gasteiger partial charge in [0.25, 0.3) is 0 Å². The van der Waals surface area contributed by atoms with E-state index in [2.05, 4.69) is 0 Å². The Morgan fingerprint density at radius 3 is 2.00 bits per heavy atom. The quantitative estimate of drug-likeness (QED) is 0.302. The molecule has 0 aliphatic rings. The van der Waals surface area contributed by atoms with Gasteiger partial charge in [-0.05, 0) is 11.9 Å². The summed E-state index contributed by atoms with van der Waals surface area (Å²) < 4.78 is 0.708. The van der Waals surface area contributed by atoms with E-state index in [1.54, 1.807) is 4.90 Å². The van der Waals surface area contributed by atoms with E-state index in [4.69, 9.17) is 17.4 Å². The average Bonchev–Trinajstić information content (AvgIpc) is 1.65. The van der Waals surface area contributed by atoms with E-state index in [0.29, 0.717) is 4.32 Å². The topological polar surface area (TPSA) is 29.3 Å². The van der Waals surface area contributed by atoms with Crippen molar-refractivity contribution in [2.75, 3.05) is 14.1 Å². The molecule has 0 unspecified atom stereocenters. The molecule has 0 aromatic heterocycles. The SMILES string of the molecule is CN(C)C(=S)SN.[NaH]. The summed E-state index contributed by atoms with van der Waals surface area (Å²) in [5.74, 6) is 0. The molecule has 2 nitrogen and oxygen atoms in total. The van der Waals surface area contributed by atoms with Crippen molar-refractivity contribution in [1.82, 2.24) is 4.90 Å². The molecule has 0 aliphatic carbocycles. The first-order valence-electron chi connectivity index (χ1n) is 1.76. The molecule has 0 radical (unpaired) electrons. The fourth-order valence-electron chi connectivity index (χ4n) is 0.105.